The van der Waals surface area contributed by atoms with E-state index in [1.165, 1.54) is 23.5 Å². The Kier molecular flexibility index (Phi) is 7.28. The van der Waals surface area contributed by atoms with Crippen molar-refractivity contribution in [2.75, 3.05) is 7.11 Å². The number of aromatic nitrogens is 1. The van der Waals surface area contributed by atoms with E-state index in [0.29, 0.717) is 12.2 Å². The van der Waals surface area contributed by atoms with Gasteiger partial charge >= 0.3 is 5.97 Å². The maximum Gasteiger partial charge on any atom is 0.322 e. The van der Waals surface area contributed by atoms with Gasteiger partial charge in [-0.2, -0.15) is 4.31 Å². The molecule has 0 saturated heterocycles. The molecule has 0 fully saturated rings. The van der Waals surface area contributed by atoms with Crippen LogP contribution in [0.15, 0.2) is 53.4 Å². The zero-order valence-electron chi connectivity index (χ0n) is 19.7. The summed E-state index contributed by atoms with van der Waals surface area (Å²) in [5.74, 6) is -0.596. The monoisotopic (exact) mass is 484 g/mol. The minimum absolute atomic E-state index is 0.0649. The van der Waals surface area contributed by atoms with E-state index in [0.717, 1.165) is 54.3 Å². The van der Waals surface area contributed by atoms with Crippen molar-refractivity contribution in [2.45, 2.75) is 68.8 Å². The summed E-state index contributed by atoms with van der Waals surface area (Å²) < 4.78 is 34.2. The fourth-order valence-corrected chi connectivity index (χ4v) is 6.74. The molecule has 2 heterocycles. The number of benzene rings is 2. The Balaban J connectivity index is 1.80. The molecule has 0 aliphatic carbocycles. The van der Waals surface area contributed by atoms with Gasteiger partial charge in [0, 0.05) is 23.0 Å². The molecular weight excluding hydrogens is 452 g/mol. The zero-order valence-corrected chi connectivity index (χ0v) is 20.5. The highest BCUT2D eigenvalue weighted by Crippen LogP contribution is 2.43. The highest BCUT2D eigenvalue weighted by molar-refractivity contribution is 7.89. The van der Waals surface area contributed by atoms with Crippen LogP contribution in [0.2, 0.25) is 0 Å². The minimum atomic E-state index is -4.08. The van der Waals surface area contributed by atoms with E-state index in [2.05, 4.69) is 11.9 Å². The number of nitrogens with zero attached hydrogens (tertiary/aromatic N) is 1. The summed E-state index contributed by atoms with van der Waals surface area (Å²) >= 11 is 0. The molecule has 1 aromatic heterocycles. The zero-order chi connectivity index (χ0) is 24.3. The van der Waals surface area contributed by atoms with Crippen LogP contribution >= 0.6 is 0 Å². The van der Waals surface area contributed by atoms with Crippen LogP contribution in [-0.2, 0) is 21.2 Å². The van der Waals surface area contributed by atoms with E-state index in [1.54, 1.807) is 12.1 Å². The summed E-state index contributed by atoms with van der Waals surface area (Å²) in [4.78, 5) is 15.9. The molecule has 2 aromatic carbocycles. The van der Waals surface area contributed by atoms with Gasteiger partial charge in [-0.05, 0) is 42.3 Å². The first-order chi connectivity index (χ1) is 16.4. The second-order valence-corrected chi connectivity index (χ2v) is 10.7. The van der Waals surface area contributed by atoms with Gasteiger partial charge in [0.2, 0.25) is 10.0 Å². The van der Waals surface area contributed by atoms with Gasteiger partial charge in [0.15, 0.2) is 0 Å². The van der Waals surface area contributed by atoms with Crippen molar-refractivity contribution in [1.82, 2.24) is 9.29 Å². The van der Waals surface area contributed by atoms with Crippen LogP contribution in [0.25, 0.3) is 10.9 Å². The lowest BCUT2D eigenvalue weighted by Gasteiger charge is -2.39. The summed E-state index contributed by atoms with van der Waals surface area (Å²) in [6.07, 6.45) is 5.81. The van der Waals surface area contributed by atoms with Gasteiger partial charge < -0.3 is 14.8 Å². The molecule has 34 heavy (non-hydrogen) atoms. The number of H-pyrrole nitrogens is 1. The Morgan fingerprint density at radius 2 is 1.79 bits per heavy atom. The highest BCUT2D eigenvalue weighted by Gasteiger charge is 2.46. The van der Waals surface area contributed by atoms with Crippen LogP contribution in [0.4, 0.5) is 0 Å². The first-order valence-electron chi connectivity index (χ1n) is 11.9. The van der Waals surface area contributed by atoms with E-state index in [4.69, 9.17) is 4.74 Å². The Morgan fingerprint density at radius 1 is 1.09 bits per heavy atom. The Labute approximate surface area is 200 Å². The van der Waals surface area contributed by atoms with Crippen LogP contribution in [0.5, 0.6) is 5.75 Å². The molecule has 0 saturated carbocycles. The first-order valence-corrected chi connectivity index (χ1v) is 13.3. The molecule has 7 nitrogen and oxygen atoms in total. The summed E-state index contributed by atoms with van der Waals surface area (Å²) in [7, 11) is -2.57. The summed E-state index contributed by atoms with van der Waals surface area (Å²) in [5, 5.41) is 11.1. The number of aliphatic carboxylic acids is 1. The quantitative estimate of drug-likeness (QED) is 0.382. The Hall–Kier alpha value is -2.84. The van der Waals surface area contributed by atoms with Crippen molar-refractivity contribution < 1.29 is 23.1 Å². The van der Waals surface area contributed by atoms with Crippen LogP contribution in [0.1, 0.15) is 62.7 Å². The van der Waals surface area contributed by atoms with Crippen LogP contribution in [0, 0.1) is 0 Å². The molecule has 182 valence electrons. The SMILES string of the molecule is CCCCCCCC1c2[nH]c3ccccc3c2C[C@H](C(=O)O)N1S(=O)(=O)c1ccc(OC)cc1. The van der Waals surface area contributed by atoms with Gasteiger partial charge in [0.25, 0.3) is 0 Å². The smallest absolute Gasteiger partial charge is 0.322 e. The second-order valence-electron chi connectivity index (χ2n) is 8.85. The van der Waals surface area contributed by atoms with Crippen LogP contribution in [0.3, 0.4) is 0 Å². The fourth-order valence-electron chi connectivity index (χ4n) is 4.97. The Morgan fingerprint density at radius 3 is 2.47 bits per heavy atom. The van der Waals surface area contributed by atoms with Crippen molar-refractivity contribution in [3.05, 3.63) is 59.8 Å². The van der Waals surface area contributed by atoms with Gasteiger partial charge in [-0.25, -0.2) is 8.42 Å². The standard InChI is InChI=1S/C26H32N2O5S/c1-3-4-5-6-7-12-23-25-21(20-10-8-9-11-22(20)27-25)17-24(26(29)30)28(23)34(31,32)19-15-13-18(33-2)14-16-19/h8-11,13-16,23-24,27H,3-7,12,17H2,1-2H3,(H,29,30)/t23?,24-/m1/s1. The summed E-state index contributed by atoms with van der Waals surface area (Å²) in [6.45, 7) is 2.15. The maximum absolute atomic E-state index is 13.9. The molecule has 0 radical (unpaired) electrons. The van der Waals surface area contributed by atoms with Gasteiger partial charge in [-0.1, -0.05) is 57.2 Å². The number of ether oxygens (including phenoxy) is 1. The van der Waals surface area contributed by atoms with Crippen molar-refractivity contribution in [3.8, 4) is 5.75 Å². The number of methoxy groups -OCH3 is 1. The molecule has 2 atom stereocenters. The molecule has 0 amide bonds. The summed E-state index contributed by atoms with van der Waals surface area (Å²) in [5.41, 5.74) is 2.62. The lowest BCUT2D eigenvalue weighted by molar-refractivity contribution is -0.142. The third-order valence-electron chi connectivity index (χ3n) is 6.69. The molecule has 3 aromatic rings. The van der Waals surface area contributed by atoms with Crippen molar-refractivity contribution in [3.63, 3.8) is 0 Å². The number of hydrogen-bond acceptors (Lipinski definition) is 4. The molecule has 2 N–H and O–H groups in total. The summed E-state index contributed by atoms with van der Waals surface area (Å²) in [6, 6.07) is 12.1. The molecule has 8 heteroatoms. The molecular formula is C26H32N2O5S. The highest BCUT2D eigenvalue weighted by atomic mass is 32.2. The predicted molar refractivity (Wildman–Crippen MR) is 132 cm³/mol. The number of para-hydroxylation sites is 1. The van der Waals surface area contributed by atoms with Gasteiger partial charge in [0.05, 0.1) is 18.0 Å². The number of aromatic amines is 1. The van der Waals surface area contributed by atoms with Crippen molar-refractivity contribution in [1.29, 1.82) is 0 Å². The van der Waals surface area contributed by atoms with E-state index in [9.17, 15) is 18.3 Å². The molecule has 4 rings (SSSR count). The van der Waals surface area contributed by atoms with Crippen molar-refractivity contribution in [2.24, 2.45) is 0 Å². The van der Waals surface area contributed by atoms with Crippen LogP contribution < -0.4 is 4.74 Å². The van der Waals surface area contributed by atoms with E-state index in [1.807, 2.05) is 24.3 Å². The molecule has 1 aliphatic rings. The number of unbranched alkanes of at least 4 members (excludes halogenated alkanes) is 4. The maximum atomic E-state index is 13.9. The number of carboxylic acids is 1. The normalized spacial score (nSPS) is 18.6. The third kappa shape index (κ3) is 4.57. The average Bonchev–Trinajstić information content (AvgIpc) is 3.22. The third-order valence-corrected chi connectivity index (χ3v) is 8.62. The molecule has 1 unspecified atom stereocenters. The van der Waals surface area contributed by atoms with E-state index < -0.39 is 28.1 Å². The Bertz CT molecular complexity index is 1250. The number of carboxylic acid groups (broad SMARTS) is 1. The van der Waals surface area contributed by atoms with E-state index >= 15 is 0 Å². The van der Waals surface area contributed by atoms with Gasteiger partial charge in [-0.15, -0.1) is 0 Å². The first kappa shape index (κ1) is 24.3. The molecule has 1 aliphatic heterocycles. The van der Waals surface area contributed by atoms with Gasteiger partial charge in [0.1, 0.15) is 11.8 Å². The second kappa shape index (κ2) is 10.2. The number of nitrogens with one attached hydrogen (secondary N) is 1. The van der Waals surface area contributed by atoms with Crippen LogP contribution in [-0.4, -0.2) is 41.9 Å². The predicted octanol–water partition coefficient (Wildman–Crippen LogP) is 5.28. The van der Waals surface area contributed by atoms with Gasteiger partial charge in [-0.3, -0.25) is 4.79 Å². The van der Waals surface area contributed by atoms with Crippen molar-refractivity contribution >= 4 is 26.9 Å². The lowest BCUT2D eigenvalue weighted by Crippen LogP contribution is -2.51. The number of carbonyl (C=O) groups is 1. The lowest BCUT2D eigenvalue weighted by atomic mass is 9.91. The minimum Gasteiger partial charge on any atom is -0.497 e. The topological polar surface area (TPSA) is 99.7 Å². The number of rotatable bonds is 10. The molecule has 0 spiro atoms. The number of hydrogen-bond donors (Lipinski definition) is 2. The largest absolute Gasteiger partial charge is 0.497 e. The number of sulfonamides is 1. The fraction of sp³-hybridized carbons (Fsp3) is 0.423. The molecule has 0 bridgehead atoms. The average molecular weight is 485 g/mol. The van der Waals surface area contributed by atoms with E-state index in [-0.39, 0.29) is 11.3 Å². The number of fused-ring (bicyclic) bond motifs is 3.